The Labute approximate surface area is 142 Å². The molecule has 0 atom stereocenters. The van der Waals surface area contributed by atoms with Crippen molar-refractivity contribution in [1.29, 1.82) is 0 Å². The fourth-order valence-electron chi connectivity index (χ4n) is 2.16. The van der Waals surface area contributed by atoms with Gasteiger partial charge in [0.2, 0.25) is 11.3 Å². The van der Waals surface area contributed by atoms with Gasteiger partial charge in [0.05, 0.1) is 7.11 Å². The number of esters is 1. The SMILES string of the molecule is COC(=O)c1cn(C(C)C)cc(-c2nc(-c3cccnn3)no2)c1=O. The molecular weight excluding hydrogens is 326 g/mol. The van der Waals surface area contributed by atoms with Crippen molar-refractivity contribution in [3.05, 3.63) is 46.5 Å². The molecule has 0 spiro atoms. The van der Waals surface area contributed by atoms with Gasteiger partial charge in [0.1, 0.15) is 16.8 Å². The number of carbonyl (C=O) groups excluding carboxylic acids is 1. The molecule has 0 aromatic carbocycles. The van der Waals surface area contributed by atoms with Crippen LogP contribution in [-0.4, -0.2) is 38.0 Å². The second-order valence-electron chi connectivity index (χ2n) is 5.48. The summed E-state index contributed by atoms with van der Waals surface area (Å²) in [4.78, 5) is 28.7. The Morgan fingerprint density at radius 2 is 2.12 bits per heavy atom. The van der Waals surface area contributed by atoms with Gasteiger partial charge in [0, 0.05) is 24.6 Å². The lowest BCUT2D eigenvalue weighted by Crippen LogP contribution is -2.21. The van der Waals surface area contributed by atoms with Gasteiger partial charge in [0.25, 0.3) is 5.89 Å². The van der Waals surface area contributed by atoms with Crippen LogP contribution in [0.15, 0.2) is 40.0 Å². The van der Waals surface area contributed by atoms with Gasteiger partial charge in [-0.3, -0.25) is 4.79 Å². The van der Waals surface area contributed by atoms with Crippen LogP contribution in [0.3, 0.4) is 0 Å². The Morgan fingerprint density at radius 3 is 2.76 bits per heavy atom. The third kappa shape index (κ3) is 3.16. The number of rotatable bonds is 4. The van der Waals surface area contributed by atoms with Gasteiger partial charge >= 0.3 is 5.97 Å². The average Bonchev–Trinajstić information content (AvgIpc) is 3.11. The van der Waals surface area contributed by atoms with E-state index in [1.165, 1.54) is 19.5 Å². The summed E-state index contributed by atoms with van der Waals surface area (Å²) in [6.07, 6.45) is 4.53. The van der Waals surface area contributed by atoms with Crippen LogP contribution in [0.5, 0.6) is 0 Å². The van der Waals surface area contributed by atoms with E-state index >= 15 is 0 Å². The van der Waals surface area contributed by atoms with Gasteiger partial charge in [-0.05, 0) is 26.0 Å². The number of hydrogen-bond acceptors (Lipinski definition) is 8. The highest BCUT2D eigenvalue weighted by molar-refractivity contribution is 5.90. The first-order chi connectivity index (χ1) is 12.0. The summed E-state index contributed by atoms with van der Waals surface area (Å²) in [5.74, 6) is -0.539. The molecule has 9 heteroatoms. The minimum absolute atomic E-state index is 0.00476. The first-order valence-corrected chi connectivity index (χ1v) is 7.47. The van der Waals surface area contributed by atoms with Crippen molar-refractivity contribution in [2.45, 2.75) is 19.9 Å². The van der Waals surface area contributed by atoms with Crippen LogP contribution in [0, 0.1) is 0 Å². The van der Waals surface area contributed by atoms with Gasteiger partial charge in [-0.15, -0.1) is 5.10 Å². The largest absolute Gasteiger partial charge is 0.465 e. The van der Waals surface area contributed by atoms with E-state index in [0.29, 0.717) is 5.69 Å². The highest BCUT2D eigenvalue weighted by Gasteiger charge is 2.21. The van der Waals surface area contributed by atoms with Crippen LogP contribution in [0.2, 0.25) is 0 Å². The summed E-state index contributed by atoms with van der Waals surface area (Å²) in [5, 5.41) is 11.5. The third-order valence-electron chi connectivity index (χ3n) is 3.51. The summed E-state index contributed by atoms with van der Waals surface area (Å²) in [6.45, 7) is 3.82. The molecule has 0 unspecified atom stereocenters. The molecule has 0 saturated carbocycles. The fourth-order valence-corrected chi connectivity index (χ4v) is 2.16. The topological polar surface area (TPSA) is 113 Å². The van der Waals surface area contributed by atoms with Crippen molar-refractivity contribution < 1.29 is 14.1 Å². The molecule has 0 aliphatic heterocycles. The molecule has 25 heavy (non-hydrogen) atoms. The lowest BCUT2D eigenvalue weighted by atomic mass is 10.1. The zero-order chi connectivity index (χ0) is 18.0. The second-order valence-corrected chi connectivity index (χ2v) is 5.48. The molecule has 3 aromatic rings. The fraction of sp³-hybridized carbons (Fsp3) is 0.250. The van der Waals surface area contributed by atoms with Gasteiger partial charge in [-0.25, -0.2) is 4.79 Å². The van der Waals surface area contributed by atoms with Crippen LogP contribution in [0.1, 0.15) is 30.2 Å². The van der Waals surface area contributed by atoms with Gasteiger partial charge in [-0.2, -0.15) is 10.1 Å². The molecule has 0 aliphatic rings. The van der Waals surface area contributed by atoms with Crippen molar-refractivity contribution in [3.8, 4) is 23.0 Å². The Hall–Kier alpha value is -3.36. The minimum Gasteiger partial charge on any atom is -0.465 e. The molecule has 0 saturated heterocycles. The number of hydrogen-bond donors (Lipinski definition) is 0. The molecule has 128 valence electrons. The Balaban J connectivity index is 2.14. The Morgan fingerprint density at radius 1 is 1.32 bits per heavy atom. The average molecular weight is 341 g/mol. The first-order valence-electron chi connectivity index (χ1n) is 7.47. The van der Waals surface area contributed by atoms with E-state index in [9.17, 15) is 9.59 Å². The Bertz CT molecular complexity index is 962. The van der Waals surface area contributed by atoms with E-state index < -0.39 is 11.4 Å². The predicted molar refractivity (Wildman–Crippen MR) is 86.7 cm³/mol. The maximum absolute atomic E-state index is 12.6. The van der Waals surface area contributed by atoms with E-state index in [1.54, 1.807) is 22.9 Å². The first kappa shape index (κ1) is 16.5. The smallest absolute Gasteiger partial charge is 0.343 e. The maximum atomic E-state index is 12.6. The van der Waals surface area contributed by atoms with E-state index in [4.69, 9.17) is 4.52 Å². The summed E-state index contributed by atoms with van der Waals surface area (Å²) >= 11 is 0. The summed E-state index contributed by atoms with van der Waals surface area (Å²) in [6, 6.07) is 3.35. The molecule has 0 bridgehead atoms. The van der Waals surface area contributed by atoms with E-state index in [-0.39, 0.29) is 28.9 Å². The molecule has 3 heterocycles. The number of methoxy groups -OCH3 is 1. The summed E-state index contributed by atoms with van der Waals surface area (Å²) in [5.41, 5.74) is -0.129. The third-order valence-corrected chi connectivity index (χ3v) is 3.51. The molecule has 0 amide bonds. The van der Waals surface area contributed by atoms with E-state index in [1.807, 2.05) is 13.8 Å². The highest BCUT2D eigenvalue weighted by Crippen LogP contribution is 2.20. The highest BCUT2D eigenvalue weighted by atomic mass is 16.5. The molecular formula is C16H15N5O4. The summed E-state index contributed by atoms with van der Waals surface area (Å²) in [7, 11) is 1.22. The second kappa shape index (κ2) is 6.63. The molecule has 0 aliphatic carbocycles. The molecule has 3 aromatic heterocycles. The van der Waals surface area contributed by atoms with Crippen LogP contribution in [-0.2, 0) is 4.74 Å². The van der Waals surface area contributed by atoms with Crippen molar-refractivity contribution in [1.82, 2.24) is 24.9 Å². The van der Waals surface area contributed by atoms with E-state index in [0.717, 1.165) is 0 Å². The van der Waals surface area contributed by atoms with Gasteiger partial charge < -0.3 is 13.8 Å². The normalized spacial score (nSPS) is 10.9. The van der Waals surface area contributed by atoms with Gasteiger partial charge in [-0.1, -0.05) is 5.16 Å². The number of nitrogens with zero attached hydrogens (tertiary/aromatic N) is 5. The zero-order valence-corrected chi connectivity index (χ0v) is 13.8. The van der Waals surface area contributed by atoms with Crippen LogP contribution < -0.4 is 5.43 Å². The number of aromatic nitrogens is 5. The van der Waals surface area contributed by atoms with Crippen molar-refractivity contribution in [2.24, 2.45) is 0 Å². The summed E-state index contributed by atoms with van der Waals surface area (Å²) < 4.78 is 11.6. The molecule has 0 N–H and O–H groups in total. The van der Waals surface area contributed by atoms with Gasteiger partial charge in [0.15, 0.2) is 0 Å². The van der Waals surface area contributed by atoms with Crippen molar-refractivity contribution in [3.63, 3.8) is 0 Å². The predicted octanol–water partition coefficient (Wildman–Crippen LogP) is 1.72. The zero-order valence-electron chi connectivity index (χ0n) is 13.8. The van der Waals surface area contributed by atoms with Crippen LogP contribution in [0.25, 0.3) is 23.0 Å². The van der Waals surface area contributed by atoms with Crippen molar-refractivity contribution >= 4 is 5.97 Å². The van der Waals surface area contributed by atoms with E-state index in [2.05, 4.69) is 25.1 Å². The molecule has 0 radical (unpaired) electrons. The maximum Gasteiger partial charge on any atom is 0.343 e. The monoisotopic (exact) mass is 341 g/mol. The lowest BCUT2D eigenvalue weighted by molar-refractivity contribution is 0.0598. The Kier molecular flexibility index (Phi) is 4.38. The minimum atomic E-state index is -0.727. The quantitative estimate of drug-likeness (QED) is 0.659. The van der Waals surface area contributed by atoms with Crippen LogP contribution >= 0.6 is 0 Å². The van der Waals surface area contributed by atoms with Crippen LogP contribution in [0.4, 0.5) is 0 Å². The molecule has 3 rings (SSSR count). The standard InChI is InChI=1S/C16H15N5O4/c1-9(2)21-7-10(13(22)11(8-21)16(23)24-3)15-18-14(20-25-15)12-5-4-6-17-19-12/h4-9H,1-3H3. The lowest BCUT2D eigenvalue weighted by Gasteiger charge is -2.13. The number of ether oxygens (including phenoxy) is 1. The molecule has 0 fully saturated rings. The number of carbonyl (C=O) groups is 1. The number of pyridine rings is 1. The molecule has 9 nitrogen and oxygen atoms in total. The van der Waals surface area contributed by atoms with Crippen molar-refractivity contribution in [2.75, 3.05) is 7.11 Å².